The van der Waals surface area contributed by atoms with Crippen molar-refractivity contribution in [2.45, 2.75) is 58.8 Å². The second-order valence-electron chi connectivity index (χ2n) is 4.15. The Morgan fingerprint density at radius 2 is 1.80 bits per heavy atom. The van der Waals surface area contributed by atoms with Crippen LogP contribution in [0.2, 0.25) is 0 Å². The van der Waals surface area contributed by atoms with Crippen molar-refractivity contribution in [3.8, 4) is 0 Å². The zero-order valence-electron chi connectivity index (χ0n) is 9.81. The van der Waals surface area contributed by atoms with Crippen LogP contribution in [0.25, 0.3) is 0 Å². The van der Waals surface area contributed by atoms with Gasteiger partial charge in [0.05, 0.1) is 3.79 Å². The molecule has 0 aromatic carbocycles. The van der Waals surface area contributed by atoms with Gasteiger partial charge >= 0.3 is 0 Å². The van der Waals surface area contributed by atoms with Gasteiger partial charge in [0.15, 0.2) is 0 Å². The summed E-state index contributed by atoms with van der Waals surface area (Å²) in [5.74, 6) is 0. The van der Waals surface area contributed by atoms with Gasteiger partial charge in [0.2, 0.25) is 0 Å². The minimum Gasteiger partial charge on any atom is -0.133 e. The Kier molecular flexibility index (Phi) is 6.58. The second kappa shape index (κ2) is 7.45. The molecule has 0 aliphatic carbocycles. The molecule has 0 N–H and O–H groups in total. The van der Waals surface area contributed by atoms with Gasteiger partial charge in [0.25, 0.3) is 0 Å². The fraction of sp³-hybridized carbons (Fsp3) is 0.692. The molecule has 1 aromatic rings. The normalized spacial score (nSPS) is 10.9. The summed E-state index contributed by atoms with van der Waals surface area (Å²) >= 11 is 5.40. The zero-order valence-corrected chi connectivity index (χ0v) is 12.2. The predicted molar refractivity (Wildman–Crippen MR) is 73.8 cm³/mol. The molecule has 86 valence electrons. The first-order valence-electron chi connectivity index (χ1n) is 5.99. The molecule has 15 heavy (non-hydrogen) atoms. The van der Waals surface area contributed by atoms with E-state index < -0.39 is 0 Å². The number of thiophene rings is 1. The maximum Gasteiger partial charge on any atom is 0.0704 e. The fourth-order valence-corrected chi connectivity index (χ4v) is 3.61. The molecule has 0 radical (unpaired) electrons. The van der Waals surface area contributed by atoms with Crippen LogP contribution in [-0.2, 0) is 6.42 Å². The number of aryl methyl sites for hydroxylation is 2. The zero-order chi connectivity index (χ0) is 11.1. The third kappa shape index (κ3) is 5.17. The third-order valence-electron chi connectivity index (χ3n) is 2.79. The van der Waals surface area contributed by atoms with E-state index in [-0.39, 0.29) is 0 Å². The van der Waals surface area contributed by atoms with Crippen LogP contribution in [0.4, 0.5) is 0 Å². The molecule has 2 heteroatoms. The quantitative estimate of drug-likeness (QED) is 0.563. The van der Waals surface area contributed by atoms with E-state index >= 15 is 0 Å². The maximum atomic E-state index is 3.54. The number of hydrogen-bond acceptors (Lipinski definition) is 1. The first-order valence-corrected chi connectivity index (χ1v) is 7.59. The highest BCUT2D eigenvalue weighted by Gasteiger charge is 2.02. The molecule has 1 heterocycles. The first kappa shape index (κ1) is 13.2. The summed E-state index contributed by atoms with van der Waals surface area (Å²) in [6.07, 6.45) is 9.60. The van der Waals surface area contributed by atoms with Gasteiger partial charge in [-0.2, -0.15) is 0 Å². The van der Waals surface area contributed by atoms with Crippen LogP contribution in [0.5, 0.6) is 0 Å². The SMILES string of the molecule is CCCCCCCCc1cc(Br)sc1C. The molecular formula is C13H21BrS. The smallest absolute Gasteiger partial charge is 0.0704 e. The standard InChI is InChI=1S/C13H21BrS/c1-3-4-5-6-7-8-9-12-10-13(14)15-11(12)2/h10H,3-9H2,1-2H3. The lowest BCUT2D eigenvalue weighted by molar-refractivity contribution is 0.607. The van der Waals surface area contributed by atoms with Crippen molar-refractivity contribution in [2.75, 3.05) is 0 Å². The van der Waals surface area contributed by atoms with Crippen LogP contribution in [0, 0.1) is 6.92 Å². The molecule has 0 unspecified atom stereocenters. The van der Waals surface area contributed by atoms with Gasteiger partial charge in [-0.15, -0.1) is 11.3 Å². The molecule has 0 saturated heterocycles. The number of halogens is 1. The van der Waals surface area contributed by atoms with E-state index in [9.17, 15) is 0 Å². The Morgan fingerprint density at radius 1 is 1.13 bits per heavy atom. The van der Waals surface area contributed by atoms with Crippen LogP contribution >= 0.6 is 27.3 Å². The number of unbranched alkanes of at least 4 members (excludes halogenated alkanes) is 5. The van der Waals surface area contributed by atoms with Crippen molar-refractivity contribution in [1.29, 1.82) is 0 Å². The highest BCUT2D eigenvalue weighted by Crippen LogP contribution is 2.27. The van der Waals surface area contributed by atoms with Gasteiger partial charge in [0, 0.05) is 4.88 Å². The Bertz CT molecular complexity index is 278. The van der Waals surface area contributed by atoms with E-state index in [1.54, 1.807) is 5.56 Å². The van der Waals surface area contributed by atoms with Gasteiger partial charge < -0.3 is 0 Å². The third-order valence-corrected chi connectivity index (χ3v) is 4.39. The molecule has 1 rings (SSSR count). The van der Waals surface area contributed by atoms with E-state index in [2.05, 4.69) is 35.8 Å². The first-order chi connectivity index (χ1) is 7.24. The van der Waals surface area contributed by atoms with Crippen molar-refractivity contribution in [1.82, 2.24) is 0 Å². The summed E-state index contributed by atoms with van der Waals surface area (Å²) in [6.45, 7) is 4.49. The van der Waals surface area contributed by atoms with Crippen LogP contribution in [0.1, 0.15) is 55.9 Å². The van der Waals surface area contributed by atoms with Gasteiger partial charge in [-0.25, -0.2) is 0 Å². The molecule has 0 fully saturated rings. The summed E-state index contributed by atoms with van der Waals surface area (Å²) in [5.41, 5.74) is 1.54. The summed E-state index contributed by atoms with van der Waals surface area (Å²) in [5, 5.41) is 0. The monoisotopic (exact) mass is 288 g/mol. The van der Waals surface area contributed by atoms with Crippen molar-refractivity contribution in [3.05, 3.63) is 20.3 Å². The summed E-state index contributed by atoms with van der Waals surface area (Å²) in [4.78, 5) is 1.48. The molecule has 0 bridgehead atoms. The average molecular weight is 289 g/mol. The highest BCUT2D eigenvalue weighted by molar-refractivity contribution is 9.11. The Balaban J connectivity index is 2.12. The van der Waals surface area contributed by atoms with Crippen molar-refractivity contribution in [3.63, 3.8) is 0 Å². The van der Waals surface area contributed by atoms with E-state index in [0.717, 1.165) is 0 Å². The van der Waals surface area contributed by atoms with Crippen LogP contribution < -0.4 is 0 Å². The van der Waals surface area contributed by atoms with E-state index in [0.29, 0.717) is 0 Å². The van der Waals surface area contributed by atoms with Crippen LogP contribution in [-0.4, -0.2) is 0 Å². The molecule has 0 saturated carbocycles. The minimum absolute atomic E-state index is 1.26. The number of rotatable bonds is 7. The Hall–Kier alpha value is 0.180. The number of hydrogen-bond donors (Lipinski definition) is 0. The lowest BCUT2D eigenvalue weighted by Gasteiger charge is -2.00. The average Bonchev–Trinajstić information content (AvgIpc) is 2.51. The van der Waals surface area contributed by atoms with E-state index in [1.165, 1.54) is 53.6 Å². The van der Waals surface area contributed by atoms with Gasteiger partial charge in [0.1, 0.15) is 0 Å². The summed E-state index contributed by atoms with van der Waals surface area (Å²) in [6, 6.07) is 2.28. The van der Waals surface area contributed by atoms with Crippen molar-refractivity contribution >= 4 is 27.3 Å². The van der Waals surface area contributed by atoms with Gasteiger partial charge in [-0.3, -0.25) is 0 Å². The Morgan fingerprint density at radius 3 is 2.40 bits per heavy atom. The molecule has 0 atom stereocenters. The molecule has 0 amide bonds. The molecule has 0 spiro atoms. The van der Waals surface area contributed by atoms with Crippen LogP contribution in [0.15, 0.2) is 9.85 Å². The molecular weight excluding hydrogens is 268 g/mol. The second-order valence-corrected chi connectivity index (χ2v) is 6.79. The fourth-order valence-electron chi connectivity index (χ4n) is 1.82. The maximum absolute atomic E-state index is 3.54. The summed E-state index contributed by atoms with van der Waals surface area (Å²) in [7, 11) is 0. The largest absolute Gasteiger partial charge is 0.133 e. The van der Waals surface area contributed by atoms with E-state index in [1.807, 2.05) is 11.3 Å². The molecule has 0 nitrogen and oxygen atoms in total. The molecule has 0 aliphatic heterocycles. The lowest BCUT2D eigenvalue weighted by atomic mass is 10.1. The minimum atomic E-state index is 1.26. The van der Waals surface area contributed by atoms with Gasteiger partial charge in [-0.05, 0) is 47.3 Å². The topological polar surface area (TPSA) is 0 Å². The van der Waals surface area contributed by atoms with Crippen molar-refractivity contribution < 1.29 is 0 Å². The Labute approximate surface area is 106 Å². The van der Waals surface area contributed by atoms with Crippen LogP contribution in [0.3, 0.4) is 0 Å². The highest BCUT2D eigenvalue weighted by atomic mass is 79.9. The van der Waals surface area contributed by atoms with E-state index in [4.69, 9.17) is 0 Å². The predicted octanol–water partition coefficient (Wildman–Crippen LogP) is 5.72. The summed E-state index contributed by atoms with van der Waals surface area (Å²) < 4.78 is 1.28. The van der Waals surface area contributed by atoms with Gasteiger partial charge in [-0.1, -0.05) is 39.0 Å². The molecule has 0 aliphatic rings. The molecule has 1 aromatic heterocycles. The lowest BCUT2D eigenvalue weighted by Crippen LogP contribution is -1.85. The van der Waals surface area contributed by atoms with Crippen molar-refractivity contribution in [2.24, 2.45) is 0 Å².